The minimum atomic E-state index is -4.79. The molecule has 0 aliphatic rings. The molecule has 0 saturated carbocycles. The van der Waals surface area contributed by atoms with Crippen molar-refractivity contribution in [3.05, 3.63) is 83.8 Å². The van der Waals surface area contributed by atoms with Crippen molar-refractivity contribution in [1.82, 2.24) is 24.7 Å². The molecule has 0 amide bonds. The van der Waals surface area contributed by atoms with E-state index in [0.29, 0.717) is 17.1 Å². The maximum atomic E-state index is 12.4. The Kier molecular flexibility index (Phi) is 10.4. The Morgan fingerprint density at radius 3 is 2.10 bits per heavy atom. The van der Waals surface area contributed by atoms with Crippen molar-refractivity contribution < 1.29 is 38.5 Å². The predicted octanol–water partition coefficient (Wildman–Crippen LogP) is 4.34. The van der Waals surface area contributed by atoms with E-state index in [1.54, 1.807) is 31.2 Å². The lowest BCUT2D eigenvalue weighted by molar-refractivity contribution is 0.284. The lowest BCUT2D eigenvalue weighted by atomic mass is 10.3. The second-order valence-electron chi connectivity index (χ2n) is 10.0. The van der Waals surface area contributed by atoms with Crippen LogP contribution in [0.25, 0.3) is 5.69 Å². The molecule has 50 heavy (non-hydrogen) atoms. The van der Waals surface area contributed by atoms with E-state index in [1.165, 1.54) is 41.1 Å². The molecule has 6 N–H and O–H groups in total. The number of sulfone groups is 1. The zero-order chi connectivity index (χ0) is 36.3. The van der Waals surface area contributed by atoms with E-state index in [1.807, 2.05) is 6.07 Å². The van der Waals surface area contributed by atoms with Crippen molar-refractivity contribution in [3.63, 3.8) is 0 Å². The highest BCUT2D eigenvalue weighted by molar-refractivity contribution is 7.91. The van der Waals surface area contributed by atoms with Crippen molar-refractivity contribution >= 4 is 82.4 Å². The third-order valence-electron chi connectivity index (χ3n) is 6.48. The summed E-state index contributed by atoms with van der Waals surface area (Å²) >= 11 is 6.10. The van der Waals surface area contributed by atoms with Crippen LogP contribution in [0.2, 0.25) is 5.28 Å². The number of halogens is 1. The summed E-state index contributed by atoms with van der Waals surface area (Å²) in [5, 5.41) is 18.0. The zero-order valence-electron chi connectivity index (χ0n) is 25.4. The fourth-order valence-electron chi connectivity index (χ4n) is 4.25. The quantitative estimate of drug-likeness (QED) is 0.0823. The van der Waals surface area contributed by atoms with Gasteiger partial charge in [-0.05, 0) is 73.1 Å². The average molecular weight is 765 g/mol. The lowest BCUT2D eigenvalue weighted by Crippen LogP contribution is -2.15. The molecule has 0 radical (unpaired) electrons. The van der Waals surface area contributed by atoms with Crippen molar-refractivity contribution in [2.75, 3.05) is 28.7 Å². The number of benzene rings is 3. The molecule has 0 unspecified atom stereocenters. The number of aromatic nitrogens is 5. The van der Waals surface area contributed by atoms with E-state index >= 15 is 0 Å². The van der Waals surface area contributed by atoms with Gasteiger partial charge >= 0.3 is 10.4 Å². The Bertz CT molecular complexity index is 2410. The first kappa shape index (κ1) is 36.2. The smallest absolute Gasteiger partial charge is 0.382 e. The average Bonchev–Trinajstić information content (AvgIpc) is 3.31. The maximum absolute atomic E-state index is 12.4. The van der Waals surface area contributed by atoms with E-state index in [0.717, 1.165) is 6.07 Å². The molecule has 0 saturated heterocycles. The monoisotopic (exact) mass is 764 g/mol. The van der Waals surface area contributed by atoms with Gasteiger partial charge in [0.05, 0.1) is 28.6 Å². The molecule has 0 spiro atoms. The number of azo groups is 1. The summed E-state index contributed by atoms with van der Waals surface area (Å²) in [4.78, 5) is 11.5. The molecule has 2 aromatic heterocycles. The molecule has 5 rings (SSSR count). The van der Waals surface area contributed by atoms with E-state index < -0.39 is 47.6 Å². The number of anilines is 5. The van der Waals surface area contributed by atoms with Crippen molar-refractivity contribution in [2.24, 2.45) is 10.2 Å². The van der Waals surface area contributed by atoms with Crippen LogP contribution in [0.3, 0.4) is 0 Å². The normalized spacial score (nSPS) is 12.3. The first-order valence-electron chi connectivity index (χ1n) is 13.8. The van der Waals surface area contributed by atoms with Gasteiger partial charge in [0, 0.05) is 11.4 Å². The van der Waals surface area contributed by atoms with Gasteiger partial charge in [-0.2, -0.15) is 36.9 Å². The van der Waals surface area contributed by atoms with Crippen LogP contribution in [0.1, 0.15) is 5.69 Å². The highest BCUT2D eigenvalue weighted by atomic mass is 35.5. The van der Waals surface area contributed by atoms with E-state index in [-0.39, 0.29) is 45.0 Å². The summed E-state index contributed by atoms with van der Waals surface area (Å²) in [6.07, 6.45) is 0. The molecule has 0 aliphatic carbocycles. The second kappa shape index (κ2) is 14.4. The van der Waals surface area contributed by atoms with Gasteiger partial charge in [0.1, 0.15) is 10.6 Å². The summed E-state index contributed by atoms with van der Waals surface area (Å²) in [5.41, 5.74) is 7.78. The number of nitrogens with one attached hydrogen (secondary N) is 2. The number of hydrogen-bond donors (Lipinski definition) is 5. The van der Waals surface area contributed by atoms with Crippen LogP contribution in [0.5, 0.6) is 0 Å². The number of nitrogen functional groups attached to an aromatic ring is 1. The number of rotatable bonds is 13. The van der Waals surface area contributed by atoms with Gasteiger partial charge in [0.2, 0.25) is 17.2 Å². The Labute approximate surface area is 289 Å². The third kappa shape index (κ3) is 9.12. The fraction of sp³-hybridized carbons (Fsp3) is 0.111. The van der Waals surface area contributed by atoms with Crippen LogP contribution in [0, 0.1) is 6.92 Å². The molecule has 0 bridgehead atoms. The van der Waals surface area contributed by atoms with Gasteiger partial charge in [0.25, 0.3) is 10.1 Å². The molecule has 2 heterocycles. The van der Waals surface area contributed by atoms with E-state index in [4.69, 9.17) is 21.9 Å². The number of hydrogen-bond acceptors (Lipinski definition) is 16. The summed E-state index contributed by atoms with van der Waals surface area (Å²) in [5.74, 6) is -0.738. The Hall–Kier alpha value is -5.10. The van der Waals surface area contributed by atoms with Crippen molar-refractivity contribution in [2.45, 2.75) is 16.7 Å². The number of aryl methyl sites for hydroxylation is 1. The highest BCUT2D eigenvalue weighted by Crippen LogP contribution is 2.34. The summed E-state index contributed by atoms with van der Waals surface area (Å²) < 4.78 is 94.5. The van der Waals surface area contributed by atoms with Gasteiger partial charge < -0.3 is 16.4 Å². The van der Waals surface area contributed by atoms with Crippen molar-refractivity contribution in [1.29, 1.82) is 0 Å². The number of nitrogens with two attached hydrogens (primary N) is 1. The minimum absolute atomic E-state index is 0.0690. The van der Waals surface area contributed by atoms with Gasteiger partial charge in [-0.1, -0.05) is 18.2 Å². The first-order valence-corrected chi connectivity index (χ1v) is 18.7. The standard InChI is InChI=1S/C27H25ClN10O9S3/c1-16-23(24(29)38(37-16)19-5-3-2-4-6-19)36-35-21-15-18(9-12-22(21)49(41,42)43)31-27-33-25(28)32-26(34-27)30-17-7-10-20(11-8-17)48(39,40)14-13-47-50(44,45)46/h2-12,15H,13-14,29H2,1H3,(H,41,42,43)(H,44,45,46)(H2,30,31,32,33,34). The van der Waals surface area contributed by atoms with E-state index in [2.05, 4.69) is 45.1 Å². The van der Waals surface area contributed by atoms with Crippen LogP contribution >= 0.6 is 11.6 Å². The van der Waals surface area contributed by atoms with Gasteiger partial charge in [0.15, 0.2) is 21.3 Å². The molecule has 0 atom stereocenters. The van der Waals surface area contributed by atoms with Crippen LogP contribution in [-0.2, 0) is 34.5 Å². The number of nitrogens with zero attached hydrogens (tertiary/aromatic N) is 7. The van der Waals surface area contributed by atoms with Crippen LogP contribution in [0.15, 0.2) is 92.8 Å². The highest BCUT2D eigenvalue weighted by Gasteiger charge is 2.20. The van der Waals surface area contributed by atoms with Crippen LogP contribution in [0.4, 0.5) is 40.5 Å². The number of para-hydroxylation sites is 1. The largest absolute Gasteiger partial charge is 0.397 e. The van der Waals surface area contributed by atoms with Crippen molar-refractivity contribution in [3.8, 4) is 5.69 Å². The molecule has 19 nitrogen and oxygen atoms in total. The summed E-state index contributed by atoms with van der Waals surface area (Å²) in [6, 6.07) is 17.9. The molecular formula is C27H25ClN10O9S3. The van der Waals surface area contributed by atoms with E-state index in [9.17, 15) is 29.8 Å². The maximum Gasteiger partial charge on any atom is 0.397 e. The molecule has 262 valence electrons. The minimum Gasteiger partial charge on any atom is -0.382 e. The zero-order valence-corrected chi connectivity index (χ0v) is 28.6. The van der Waals surface area contributed by atoms with Crippen LogP contribution < -0.4 is 16.4 Å². The topological polar surface area (TPSA) is 283 Å². The Balaban J connectivity index is 1.36. The lowest BCUT2D eigenvalue weighted by Gasteiger charge is -2.10. The molecule has 3 aromatic carbocycles. The molecule has 0 aliphatic heterocycles. The first-order chi connectivity index (χ1) is 23.5. The van der Waals surface area contributed by atoms with Gasteiger partial charge in [-0.3, -0.25) is 9.11 Å². The molecule has 23 heteroatoms. The predicted molar refractivity (Wildman–Crippen MR) is 181 cm³/mol. The Morgan fingerprint density at radius 1 is 0.860 bits per heavy atom. The van der Waals surface area contributed by atoms with Gasteiger partial charge in [-0.25, -0.2) is 17.3 Å². The van der Waals surface area contributed by atoms with Gasteiger partial charge in [-0.15, -0.1) is 10.2 Å². The second-order valence-corrected chi connectivity index (χ2v) is 14.9. The Morgan fingerprint density at radius 2 is 1.48 bits per heavy atom. The molecule has 0 fully saturated rings. The SMILES string of the molecule is Cc1nn(-c2ccccc2)c(N)c1N=Nc1cc(Nc2nc(Cl)nc(Nc3ccc(S(=O)(=O)CCOS(=O)(=O)O)cc3)n2)ccc1S(=O)(=O)O. The van der Waals surface area contributed by atoms with Crippen LogP contribution in [-0.4, -0.2) is 71.5 Å². The summed E-state index contributed by atoms with van der Waals surface area (Å²) in [7, 11) is -13.5. The molecular weight excluding hydrogens is 740 g/mol. The summed E-state index contributed by atoms with van der Waals surface area (Å²) in [6.45, 7) is 0.864. The third-order valence-corrected chi connectivity index (χ3v) is 9.71. The fourth-order valence-corrected chi connectivity index (χ4v) is 6.51. The molecule has 5 aromatic rings.